The SMILES string of the molecule is CN(C)CCOc1cc(F)cc(-c2ccnc3nc(-c4n[nH]c5cnc(C6CCNCC6)cc45)[nH]c23)c1. The van der Waals surface area contributed by atoms with Crippen LogP contribution in [0.4, 0.5) is 4.39 Å². The van der Waals surface area contributed by atoms with Crippen LogP contribution in [0.15, 0.2) is 42.7 Å². The van der Waals surface area contributed by atoms with Crippen LogP contribution in [0.5, 0.6) is 5.75 Å². The summed E-state index contributed by atoms with van der Waals surface area (Å²) in [6, 6.07) is 8.71. The number of halogens is 1. The normalized spacial score (nSPS) is 14.7. The zero-order valence-electron chi connectivity index (χ0n) is 20.9. The van der Waals surface area contributed by atoms with Gasteiger partial charge in [0.2, 0.25) is 0 Å². The Hall–Kier alpha value is -3.89. The second kappa shape index (κ2) is 9.87. The molecule has 5 aromatic rings. The number of nitrogens with zero attached hydrogens (tertiary/aromatic N) is 5. The fourth-order valence-electron chi connectivity index (χ4n) is 4.87. The standard InChI is InChI=1S/C27H29FN8O/c1-36(2)9-10-37-19-12-17(11-18(28)13-19)20-5-8-30-26-24(20)32-27(33-26)25-21-14-22(16-3-6-29-7-4-16)31-15-23(21)34-35-25/h5,8,11-16,29H,3-4,6-7,9-10H2,1-2H3,(H,34,35)(H,30,32,33). The number of hydrogen-bond donors (Lipinski definition) is 3. The molecule has 0 radical (unpaired) electrons. The lowest BCUT2D eigenvalue weighted by atomic mass is 9.93. The van der Waals surface area contributed by atoms with E-state index in [1.165, 1.54) is 12.1 Å². The fourth-order valence-corrected chi connectivity index (χ4v) is 4.87. The van der Waals surface area contributed by atoms with Crippen LogP contribution < -0.4 is 10.1 Å². The molecule has 0 amide bonds. The second-order valence-electron chi connectivity index (χ2n) is 9.72. The summed E-state index contributed by atoms with van der Waals surface area (Å²) in [6.07, 6.45) is 5.66. The van der Waals surface area contributed by atoms with E-state index < -0.39 is 0 Å². The lowest BCUT2D eigenvalue weighted by Crippen LogP contribution is -2.27. The van der Waals surface area contributed by atoms with Crippen molar-refractivity contribution in [1.29, 1.82) is 0 Å². The number of likely N-dealkylation sites (N-methyl/N-ethyl adjacent to an activating group) is 1. The molecule has 6 rings (SSSR count). The molecular formula is C27H29FN8O. The summed E-state index contributed by atoms with van der Waals surface area (Å²) >= 11 is 0. The van der Waals surface area contributed by atoms with Crippen LogP contribution in [-0.2, 0) is 0 Å². The van der Waals surface area contributed by atoms with Gasteiger partial charge in [-0.25, -0.2) is 14.4 Å². The van der Waals surface area contributed by atoms with Gasteiger partial charge in [0.15, 0.2) is 11.5 Å². The topological polar surface area (TPSA) is 108 Å². The summed E-state index contributed by atoms with van der Waals surface area (Å²) in [7, 11) is 3.94. The lowest BCUT2D eigenvalue weighted by Gasteiger charge is -2.21. The number of benzene rings is 1. The van der Waals surface area contributed by atoms with Crippen molar-refractivity contribution in [3.63, 3.8) is 0 Å². The minimum atomic E-state index is -0.363. The first-order valence-electron chi connectivity index (χ1n) is 12.5. The molecule has 3 N–H and O–H groups in total. The maximum Gasteiger partial charge on any atom is 0.178 e. The summed E-state index contributed by atoms with van der Waals surface area (Å²) in [5.41, 5.74) is 5.37. The number of fused-ring (bicyclic) bond motifs is 2. The van der Waals surface area contributed by atoms with Gasteiger partial charge >= 0.3 is 0 Å². The van der Waals surface area contributed by atoms with E-state index in [1.807, 2.05) is 37.3 Å². The Morgan fingerprint density at radius 3 is 2.81 bits per heavy atom. The van der Waals surface area contributed by atoms with Gasteiger partial charge in [0.25, 0.3) is 0 Å². The monoisotopic (exact) mass is 500 g/mol. The molecule has 0 aliphatic carbocycles. The van der Waals surface area contributed by atoms with E-state index in [2.05, 4.69) is 36.5 Å². The number of nitrogens with one attached hydrogen (secondary N) is 3. The zero-order chi connectivity index (χ0) is 25.4. The average Bonchev–Trinajstić information content (AvgIpc) is 3.52. The number of ether oxygens (including phenoxy) is 1. The van der Waals surface area contributed by atoms with Gasteiger partial charge < -0.3 is 19.9 Å². The highest BCUT2D eigenvalue weighted by molar-refractivity contribution is 5.95. The van der Waals surface area contributed by atoms with Crippen LogP contribution >= 0.6 is 0 Å². The van der Waals surface area contributed by atoms with E-state index in [1.54, 1.807) is 6.20 Å². The quantitative estimate of drug-likeness (QED) is 0.309. The molecule has 0 atom stereocenters. The van der Waals surface area contributed by atoms with Gasteiger partial charge in [-0.15, -0.1) is 0 Å². The first kappa shape index (κ1) is 23.5. The molecule has 0 spiro atoms. The fraction of sp³-hybridized carbons (Fsp3) is 0.333. The molecule has 37 heavy (non-hydrogen) atoms. The predicted octanol–water partition coefficient (Wildman–Crippen LogP) is 4.11. The third kappa shape index (κ3) is 4.77. The van der Waals surface area contributed by atoms with Crippen LogP contribution in [0.1, 0.15) is 24.5 Å². The van der Waals surface area contributed by atoms with E-state index in [-0.39, 0.29) is 5.82 Å². The van der Waals surface area contributed by atoms with Crippen molar-refractivity contribution in [3.8, 4) is 28.4 Å². The summed E-state index contributed by atoms with van der Waals surface area (Å²) < 4.78 is 20.3. The number of aromatic amines is 2. The van der Waals surface area contributed by atoms with Crippen LogP contribution in [-0.4, -0.2) is 75.4 Å². The molecule has 0 bridgehead atoms. The lowest BCUT2D eigenvalue weighted by molar-refractivity contribution is 0.260. The van der Waals surface area contributed by atoms with E-state index in [4.69, 9.17) is 9.72 Å². The van der Waals surface area contributed by atoms with Crippen molar-refractivity contribution >= 4 is 22.1 Å². The highest BCUT2D eigenvalue weighted by Gasteiger charge is 2.20. The smallest absolute Gasteiger partial charge is 0.178 e. The van der Waals surface area contributed by atoms with Crippen molar-refractivity contribution in [3.05, 3.63) is 54.2 Å². The van der Waals surface area contributed by atoms with Gasteiger partial charge in [-0.05, 0) is 69.9 Å². The molecule has 0 saturated carbocycles. The van der Waals surface area contributed by atoms with E-state index in [0.717, 1.165) is 54.6 Å². The largest absolute Gasteiger partial charge is 0.492 e. The molecule has 4 aromatic heterocycles. The predicted molar refractivity (Wildman–Crippen MR) is 141 cm³/mol. The number of aromatic nitrogens is 6. The number of H-pyrrole nitrogens is 2. The minimum absolute atomic E-state index is 0.363. The first-order valence-corrected chi connectivity index (χ1v) is 12.5. The summed E-state index contributed by atoms with van der Waals surface area (Å²) in [5, 5.41) is 12.0. The van der Waals surface area contributed by atoms with Crippen molar-refractivity contribution in [2.75, 3.05) is 40.3 Å². The summed E-state index contributed by atoms with van der Waals surface area (Å²) in [4.78, 5) is 19.3. The number of rotatable bonds is 7. The van der Waals surface area contributed by atoms with Gasteiger partial charge in [0, 0.05) is 41.4 Å². The van der Waals surface area contributed by atoms with Gasteiger partial charge in [-0.1, -0.05) is 0 Å². The summed E-state index contributed by atoms with van der Waals surface area (Å²) in [6.45, 7) is 3.21. The third-order valence-electron chi connectivity index (χ3n) is 6.83. The van der Waals surface area contributed by atoms with Crippen LogP contribution in [0, 0.1) is 5.82 Å². The minimum Gasteiger partial charge on any atom is -0.492 e. The molecule has 1 fully saturated rings. The zero-order valence-corrected chi connectivity index (χ0v) is 20.9. The maximum atomic E-state index is 14.5. The van der Waals surface area contributed by atoms with Crippen molar-refractivity contribution in [2.45, 2.75) is 18.8 Å². The Balaban J connectivity index is 1.37. The van der Waals surface area contributed by atoms with E-state index in [9.17, 15) is 4.39 Å². The van der Waals surface area contributed by atoms with E-state index in [0.29, 0.717) is 46.5 Å². The Morgan fingerprint density at radius 2 is 1.97 bits per heavy atom. The van der Waals surface area contributed by atoms with Crippen LogP contribution in [0.2, 0.25) is 0 Å². The average molecular weight is 501 g/mol. The number of piperidine rings is 1. The van der Waals surface area contributed by atoms with Crippen molar-refractivity contribution in [1.82, 2.24) is 40.3 Å². The number of imidazole rings is 1. The third-order valence-corrected chi connectivity index (χ3v) is 6.83. The number of pyridine rings is 2. The molecule has 1 aromatic carbocycles. The molecule has 1 aliphatic heterocycles. The Labute approximate surface area is 213 Å². The van der Waals surface area contributed by atoms with Crippen molar-refractivity contribution < 1.29 is 9.13 Å². The highest BCUT2D eigenvalue weighted by Crippen LogP contribution is 2.34. The van der Waals surface area contributed by atoms with Crippen molar-refractivity contribution in [2.24, 2.45) is 0 Å². The molecule has 1 aliphatic rings. The van der Waals surface area contributed by atoms with Crippen LogP contribution in [0.3, 0.4) is 0 Å². The number of hydrogen-bond acceptors (Lipinski definition) is 7. The first-order chi connectivity index (χ1) is 18.0. The molecule has 10 heteroatoms. The van der Waals surface area contributed by atoms with Crippen LogP contribution in [0.25, 0.3) is 44.7 Å². The highest BCUT2D eigenvalue weighted by atomic mass is 19.1. The van der Waals surface area contributed by atoms with Gasteiger partial charge in [-0.3, -0.25) is 10.1 Å². The van der Waals surface area contributed by atoms with E-state index >= 15 is 0 Å². The molecule has 1 saturated heterocycles. The Kier molecular flexibility index (Phi) is 6.27. The second-order valence-corrected chi connectivity index (χ2v) is 9.72. The van der Waals surface area contributed by atoms with Gasteiger partial charge in [-0.2, -0.15) is 5.10 Å². The molecule has 5 heterocycles. The molecule has 0 unspecified atom stereocenters. The molecular weight excluding hydrogens is 471 g/mol. The molecule has 9 nitrogen and oxygen atoms in total. The Bertz CT molecular complexity index is 1550. The Morgan fingerprint density at radius 1 is 1.11 bits per heavy atom. The van der Waals surface area contributed by atoms with Gasteiger partial charge in [0.05, 0.1) is 17.2 Å². The van der Waals surface area contributed by atoms with Gasteiger partial charge in [0.1, 0.15) is 23.9 Å². The maximum absolute atomic E-state index is 14.5. The summed E-state index contributed by atoms with van der Waals surface area (Å²) in [5.74, 6) is 1.15. The molecule has 190 valence electrons.